The fraction of sp³-hybridized carbons (Fsp3) is 0.562. The molecule has 3 aromatic heterocycles. The van der Waals surface area contributed by atoms with Gasteiger partial charge in [0.15, 0.2) is 0 Å². The topological polar surface area (TPSA) is 102 Å². The first kappa shape index (κ1) is 31.7. The molecule has 0 radical (unpaired) electrons. The van der Waals surface area contributed by atoms with Crippen LogP contribution in [0, 0.1) is 12.3 Å². The van der Waals surface area contributed by atoms with Gasteiger partial charge in [0, 0.05) is 63.1 Å². The molecule has 2 unspecified atom stereocenters. The number of allylic oxidation sites excluding steroid dienone is 1. The lowest BCUT2D eigenvalue weighted by atomic mass is 9.77. The number of carbonyl (C=O) groups is 1. The molecule has 0 bridgehead atoms. The van der Waals surface area contributed by atoms with Crippen molar-refractivity contribution in [1.29, 1.82) is 0 Å². The highest BCUT2D eigenvalue weighted by molar-refractivity contribution is 6.76. The van der Waals surface area contributed by atoms with E-state index in [1.54, 1.807) is 16.5 Å². The molecule has 3 aromatic rings. The molecule has 4 rings (SSSR count). The molecule has 0 saturated carbocycles. The van der Waals surface area contributed by atoms with E-state index in [1.807, 2.05) is 32.3 Å². The van der Waals surface area contributed by atoms with Gasteiger partial charge < -0.3 is 23.9 Å². The monoisotopic (exact) mass is 593 g/mol. The average Bonchev–Trinajstić information content (AvgIpc) is 3.21. The van der Waals surface area contributed by atoms with Gasteiger partial charge in [0.25, 0.3) is 5.56 Å². The lowest BCUT2D eigenvalue weighted by Gasteiger charge is -2.44. The zero-order chi connectivity index (χ0) is 31.1. The molecule has 2 atom stereocenters. The van der Waals surface area contributed by atoms with Crippen molar-refractivity contribution in [2.45, 2.75) is 91.8 Å². The molecule has 1 amide bonds. The van der Waals surface area contributed by atoms with Gasteiger partial charge in [0.2, 0.25) is 0 Å². The molecule has 228 valence electrons. The molecule has 1 fully saturated rings. The molecule has 9 nitrogen and oxygen atoms in total. The SMILES string of the molecule is C=C(C)c1c(-c2cc(C)c(=O)n(C)c2)n(COCC[Si](C)(C)C)c2cnc(C3CCN(C(=O)O)C(C(C)(C)C)C3)nc12. The number of aryl methyl sites for hydroxylation is 2. The molecule has 1 aliphatic heterocycles. The van der Waals surface area contributed by atoms with Gasteiger partial charge in [-0.05, 0) is 49.8 Å². The average molecular weight is 594 g/mol. The summed E-state index contributed by atoms with van der Waals surface area (Å²) in [5, 5.41) is 9.85. The Morgan fingerprint density at radius 3 is 2.52 bits per heavy atom. The van der Waals surface area contributed by atoms with Gasteiger partial charge in [-0.2, -0.15) is 0 Å². The van der Waals surface area contributed by atoms with E-state index in [0.29, 0.717) is 38.3 Å². The number of amides is 1. The lowest BCUT2D eigenvalue weighted by molar-refractivity contribution is 0.0516. The Bertz CT molecular complexity index is 1530. The predicted molar refractivity (Wildman–Crippen MR) is 172 cm³/mol. The summed E-state index contributed by atoms with van der Waals surface area (Å²) in [4.78, 5) is 36.2. The van der Waals surface area contributed by atoms with Crippen molar-refractivity contribution in [3.63, 3.8) is 0 Å². The van der Waals surface area contributed by atoms with Crippen LogP contribution in [-0.4, -0.2) is 62.5 Å². The summed E-state index contributed by atoms with van der Waals surface area (Å²) in [6.07, 6.45) is 4.19. The summed E-state index contributed by atoms with van der Waals surface area (Å²) >= 11 is 0. The minimum atomic E-state index is -1.27. The number of carboxylic acid groups (broad SMARTS) is 1. The third kappa shape index (κ3) is 6.54. The summed E-state index contributed by atoms with van der Waals surface area (Å²) in [7, 11) is 0.498. The van der Waals surface area contributed by atoms with E-state index in [9.17, 15) is 14.7 Å². The highest BCUT2D eigenvalue weighted by atomic mass is 28.3. The van der Waals surface area contributed by atoms with Crippen molar-refractivity contribution in [2.75, 3.05) is 13.2 Å². The van der Waals surface area contributed by atoms with Crippen LogP contribution < -0.4 is 5.56 Å². The maximum Gasteiger partial charge on any atom is 0.407 e. The third-order valence-electron chi connectivity index (χ3n) is 8.31. The summed E-state index contributed by atoms with van der Waals surface area (Å²) in [5.74, 6) is 0.760. The zero-order valence-electron chi connectivity index (χ0n) is 26.7. The number of rotatable bonds is 8. The Balaban J connectivity index is 1.85. The van der Waals surface area contributed by atoms with Crippen LogP contribution in [0.2, 0.25) is 25.7 Å². The second-order valence-corrected chi connectivity index (χ2v) is 19.8. The molecule has 1 N–H and O–H groups in total. The van der Waals surface area contributed by atoms with Crippen molar-refractivity contribution < 1.29 is 14.6 Å². The van der Waals surface area contributed by atoms with E-state index in [1.165, 1.54) is 0 Å². The van der Waals surface area contributed by atoms with E-state index in [4.69, 9.17) is 14.7 Å². The van der Waals surface area contributed by atoms with Crippen molar-refractivity contribution >= 4 is 30.8 Å². The second kappa shape index (κ2) is 11.8. The minimum absolute atomic E-state index is 0.0341. The molecule has 4 heterocycles. The van der Waals surface area contributed by atoms with Crippen LogP contribution in [0.5, 0.6) is 0 Å². The van der Waals surface area contributed by atoms with Crippen LogP contribution in [0.25, 0.3) is 27.9 Å². The highest BCUT2D eigenvalue weighted by Crippen LogP contribution is 2.41. The van der Waals surface area contributed by atoms with Crippen molar-refractivity contribution in [1.82, 2.24) is 24.0 Å². The zero-order valence-corrected chi connectivity index (χ0v) is 27.7. The maximum atomic E-state index is 12.6. The summed E-state index contributed by atoms with van der Waals surface area (Å²) in [5.41, 5.74) is 5.63. The Morgan fingerprint density at radius 2 is 1.95 bits per heavy atom. The molecule has 1 saturated heterocycles. The second-order valence-electron chi connectivity index (χ2n) is 14.1. The molecule has 0 aliphatic carbocycles. The predicted octanol–water partition coefficient (Wildman–Crippen LogP) is 6.72. The lowest BCUT2D eigenvalue weighted by Crippen LogP contribution is -2.51. The molecule has 0 aromatic carbocycles. The smallest absolute Gasteiger partial charge is 0.407 e. The standard InChI is InChI=1S/C32H47N5O4Si/c1-20(2)26-27-24(17-33-29(34-27)22-11-12-36(31(39)40)25(16-22)32(4,5)6)37(19-41-13-14-42(8,9)10)28(26)23-15-21(3)30(38)35(7)18-23/h15,17-18,22,25H,1,11-14,16,19H2,2-10H3,(H,39,40). The number of hydrogen-bond acceptors (Lipinski definition) is 5. The fourth-order valence-corrected chi connectivity index (χ4v) is 6.72. The first-order chi connectivity index (χ1) is 19.5. The van der Waals surface area contributed by atoms with Crippen molar-refractivity contribution in [3.05, 3.63) is 52.3 Å². The Morgan fingerprint density at radius 1 is 1.26 bits per heavy atom. The van der Waals surface area contributed by atoms with Gasteiger partial charge >= 0.3 is 6.09 Å². The molecule has 0 spiro atoms. The van der Waals surface area contributed by atoms with Crippen LogP contribution in [0.4, 0.5) is 4.79 Å². The first-order valence-corrected chi connectivity index (χ1v) is 18.5. The molecular weight excluding hydrogens is 546 g/mol. The van der Waals surface area contributed by atoms with E-state index in [-0.39, 0.29) is 22.9 Å². The molecule has 1 aliphatic rings. The van der Waals surface area contributed by atoms with E-state index in [2.05, 4.69) is 51.6 Å². The van der Waals surface area contributed by atoms with Crippen LogP contribution in [0.3, 0.4) is 0 Å². The van der Waals surface area contributed by atoms with Gasteiger partial charge in [-0.3, -0.25) is 4.79 Å². The van der Waals surface area contributed by atoms with Crippen molar-refractivity contribution in [2.24, 2.45) is 12.5 Å². The van der Waals surface area contributed by atoms with Gasteiger partial charge in [0.1, 0.15) is 18.1 Å². The van der Waals surface area contributed by atoms with Crippen LogP contribution in [0.15, 0.2) is 29.8 Å². The summed E-state index contributed by atoms with van der Waals surface area (Å²) in [6.45, 7) is 22.8. The fourth-order valence-electron chi connectivity index (χ4n) is 5.96. The number of ether oxygens (including phenoxy) is 1. The Labute approximate surface area is 250 Å². The van der Waals surface area contributed by atoms with Crippen LogP contribution in [-0.2, 0) is 18.5 Å². The largest absolute Gasteiger partial charge is 0.465 e. The Kier molecular flexibility index (Phi) is 8.90. The van der Waals surface area contributed by atoms with E-state index >= 15 is 0 Å². The number of piperidine rings is 1. The minimum Gasteiger partial charge on any atom is -0.465 e. The number of pyridine rings is 1. The van der Waals surface area contributed by atoms with Gasteiger partial charge in [-0.1, -0.05) is 47.0 Å². The van der Waals surface area contributed by atoms with Crippen molar-refractivity contribution in [3.8, 4) is 11.3 Å². The number of likely N-dealkylation sites (tertiary alicyclic amines) is 1. The van der Waals surface area contributed by atoms with E-state index < -0.39 is 14.2 Å². The molecule has 42 heavy (non-hydrogen) atoms. The number of fused-ring (bicyclic) bond motifs is 1. The normalized spacial score (nSPS) is 18.1. The Hall–Kier alpha value is -3.24. The third-order valence-corrected chi connectivity index (χ3v) is 10.0. The van der Waals surface area contributed by atoms with Crippen LogP contribution in [0.1, 0.15) is 63.4 Å². The quantitative estimate of drug-likeness (QED) is 0.230. The molecule has 10 heteroatoms. The van der Waals surface area contributed by atoms with Gasteiger partial charge in [-0.25, -0.2) is 14.8 Å². The summed E-state index contributed by atoms with van der Waals surface area (Å²) in [6, 6.07) is 2.84. The van der Waals surface area contributed by atoms with Crippen LogP contribution >= 0.6 is 0 Å². The van der Waals surface area contributed by atoms with Gasteiger partial charge in [-0.15, -0.1) is 0 Å². The number of hydrogen-bond donors (Lipinski definition) is 1. The number of aromatic nitrogens is 4. The summed E-state index contributed by atoms with van der Waals surface area (Å²) < 4.78 is 9.98. The number of nitrogens with zero attached hydrogens (tertiary/aromatic N) is 5. The highest BCUT2D eigenvalue weighted by Gasteiger charge is 2.40. The molecular formula is C32H47N5O4Si. The first-order valence-electron chi connectivity index (χ1n) is 14.8. The van der Waals surface area contributed by atoms with Gasteiger partial charge in [0.05, 0.1) is 17.4 Å². The van der Waals surface area contributed by atoms with E-state index in [0.717, 1.165) is 45.3 Å². The maximum absolute atomic E-state index is 12.6.